The number of anilines is 2. The molecule has 1 aliphatic heterocycles. The maximum absolute atomic E-state index is 11.8. The quantitative estimate of drug-likeness (QED) is 0.554. The fourth-order valence-corrected chi connectivity index (χ4v) is 2.70. The molecule has 0 bridgehead atoms. The van der Waals surface area contributed by atoms with E-state index in [9.17, 15) is 14.4 Å². The fraction of sp³-hybridized carbons (Fsp3) is 0.667. The summed E-state index contributed by atoms with van der Waals surface area (Å²) < 4.78 is 0. The van der Waals surface area contributed by atoms with Crippen molar-refractivity contribution < 1.29 is 4.79 Å². The van der Waals surface area contributed by atoms with Gasteiger partial charge >= 0.3 is 0 Å². The van der Waals surface area contributed by atoms with Crippen molar-refractivity contribution in [3.63, 3.8) is 0 Å². The van der Waals surface area contributed by atoms with Crippen LogP contribution < -0.4 is 21.1 Å². The largest absolute Gasteiger partial charge is 0.380 e. The monoisotopic (exact) mass is 308 g/mol. The summed E-state index contributed by atoms with van der Waals surface area (Å²) in [6.45, 7) is 5.51. The second-order valence-corrected chi connectivity index (χ2v) is 5.96. The minimum Gasteiger partial charge on any atom is -0.380 e. The number of nitrogens with zero attached hydrogens (tertiary/aromatic N) is 3. The van der Waals surface area contributed by atoms with Crippen LogP contribution in [0.3, 0.4) is 0 Å². The molecule has 1 aromatic carbocycles. The highest BCUT2D eigenvalue weighted by molar-refractivity contribution is 5.76. The van der Waals surface area contributed by atoms with Gasteiger partial charge in [-0.05, 0) is 27.1 Å². The predicted octanol–water partition coefficient (Wildman–Crippen LogP) is -0.685. The fourth-order valence-electron chi connectivity index (χ4n) is 2.70. The van der Waals surface area contributed by atoms with Crippen LogP contribution in [0.1, 0.15) is 13.3 Å². The lowest BCUT2D eigenvalue weighted by Gasteiger charge is -2.36. The molecule has 1 amide bonds. The maximum atomic E-state index is 11.8. The molecule has 7 heteroatoms. The van der Waals surface area contributed by atoms with Crippen molar-refractivity contribution in [2.24, 2.45) is 0 Å². The van der Waals surface area contributed by atoms with E-state index in [0.717, 1.165) is 13.0 Å². The molecule has 0 unspecified atom stereocenters. The second kappa shape index (κ2) is 6.91. The van der Waals surface area contributed by atoms with Crippen molar-refractivity contribution in [3.8, 4) is 0 Å². The molecule has 1 N–H and O–H groups in total. The van der Waals surface area contributed by atoms with E-state index in [1.807, 2.05) is 19.0 Å². The first-order valence-electron chi connectivity index (χ1n) is 7.64. The summed E-state index contributed by atoms with van der Waals surface area (Å²) in [5.74, 6) is 0.0478. The summed E-state index contributed by atoms with van der Waals surface area (Å²) in [6, 6.07) is 0. The third kappa shape index (κ3) is 3.47. The number of hydrogen-bond acceptors (Lipinski definition) is 6. The van der Waals surface area contributed by atoms with Crippen LogP contribution in [-0.2, 0) is 4.79 Å². The van der Waals surface area contributed by atoms with Crippen LogP contribution in [0, 0.1) is 0 Å². The molecule has 0 aliphatic carbocycles. The van der Waals surface area contributed by atoms with Crippen LogP contribution in [0.25, 0.3) is 0 Å². The molecule has 1 aromatic rings. The van der Waals surface area contributed by atoms with Gasteiger partial charge in [0.25, 0.3) is 10.9 Å². The molecule has 2 rings (SSSR count). The SMILES string of the molecule is CC(=O)N1CCN(c2c(NCCCN(C)C)c(=O)c2=O)CC1. The maximum Gasteiger partial charge on any atom is 0.253 e. The van der Waals surface area contributed by atoms with Gasteiger partial charge in [0.2, 0.25) is 5.91 Å². The first-order valence-corrected chi connectivity index (χ1v) is 7.64. The average molecular weight is 308 g/mol. The normalized spacial score (nSPS) is 15.6. The van der Waals surface area contributed by atoms with Gasteiger partial charge in [-0.2, -0.15) is 0 Å². The smallest absolute Gasteiger partial charge is 0.253 e. The molecular formula is C15H24N4O3. The number of rotatable bonds is 6. The van der Waals surface area contributed by atoms with Gasteiger partial charge in [-0.15, -0.1) is 0 Å². The summed E-state index contributed by atoms with van der Waals surface area (Å²) in [4.78, 5) is 40.7. The Kier molecular flexibility index (Phi) is 5.18. The topological polar surface area (TPSA) is 73.0 Å². The predicted molar refractivity (Wildman–Crippen MR) is 87.5 cm³/mol. The van der Waals surface area contributed by atoms with Crippen molar-refractivity contribution in [2.75, 3.05) is 63.6 Å². The molecule has 1 heterocycles. The number of nitrogens with one attached hydrogen (secondary N) is 1. The standard InChI is InChI=1S/C15H24N4O3/c1-11(20)18-7-9-19(10-8-18)13-12(14(21)15(13)22)16-5-4-6-17(2)3/h16H,4-10H2,1-3H3. The third-order valence-electron chi connectivity index (χ3n) is 4.01. The van der Waals surface area contributed by atoms with Gasteiger partial charge in [-0.3, -0.25) is 14.4 Å². The van der Waals surface area contributed by atoms with Crippen molar-refractivity contribution in [1.29, 1.82) is 0 Å². The molecule has 0 radical (unpaired) electrons. The summed E-state index contributed by atoms with van der Waals surface area (Å²) >= 11 is 0. The van der Waals surface area contributed by atoms with E-state index in [0.29, 0.717) is 44.1 Å². The van der Waals surface area contributed by atoms with E-state index in [2.05, 4.69) is 10.2 Å². The number of carbonyl (C=O) groups is 1. The summed E-state index contributed by atoms with van der Waals surface area (Å²) in [5, 5.41) is 3.10. The Morgan fingerprint density at radius 1 is 1.14 bits per heavy atom. The molecule has 0 saturated carbocycles. The lowest BCUT2D eigenvalue weighted by atomic mass is 10.1. The minimum atomic E-state index is -0.422. The van der Waals surface area contributed by atoms with Crippen molar-refractivity contribution in [1.82, 2.24) is 9.80 Å². The molecule has 7 nitrogen and oxygen atoms in total. The highest BCUT2D eigenvalue weighted by Gasteiger charge is 2.28. The van der Waals surface area contributed by atoms with Crippen molar-refractivity contribution in [3.05, 3.63) is 20.4 Å². The minimum absolute atomic E-state index is 0.0478. The Hall–Kier alpha value is -1.89. The summed E-state index contributed by atoms with van der Waals surface area (Å²) in [7, 11) is 3.99. The van der Waals surface area contributed by atoms with Gasteiger partial charge in [0.15, 0.2) is 0 Å². The lowest BCUT2D eigenvalue weighted by Crippen LogP contribution is -2.52. The van der Waals surface area contributed by atoms with Gasteiger partial charge in [-0.1, -0.05) is 0 Å². The Labute approximate surface area is 130 Å². The van der Waals surface area contributed by atoms with E-state index in [1.165, 1.54) is 0 Å². The Morgan fingerprint density at radius 2 is 1.77 bits per heavy atom. The molecule has 0 atom stereocenters. The number of hydrogen-bond donors (Lipinski definition) is 1. The second-order valence-electron chi connectivity index (χ2n) is 5.96. The molecule has 1 fully saturated rings. The third-order valence-corrected chi connectivity index (χ3v) is 4.01. The van der Waals surface area contributed by atoms with E-state index in [-0.39, 0.29) is 5.91 Å². The van der Waals surface area contributed by atoms with E-state index in [4.69, 9.17) is 0 Å². The zero-order valence-corrected chi connectivity index (χ0v) is 13.5. The van der Waals surface area contributed by atoms with Crippen LogP contribution >= 0.6 is 0 Å². The van der Waals surface area contributed by atoms with Crippen LogP contribution in [0.4, 0.5) is 11.4 Å². The van der Waals surface area contributed by atoms with Gasteiger partial charge in [0.05, 0.1) is 0 Å². The van der Waals surface area contributed by atoms with Crippen LogP contribution in [0.5, 0.6) is 0 Å². The molecule has 122 valence electrons. The van der Waals surface area contributed by atoms with Crippen molar-refractivity contribution >= 4 is 17.3 Å². The van der Waals surface area contributed by atoms with Gasteiger partial charge < -0.3 is 20.0 Å². The molecule has 22 heavy (non-hydrogen) atoms. The van der Waals surface area contributed by atoms with Gasteiger partial charge in [0, 0.05) is 39.6 Å². The van der Waals surface area contributed by atoms with E-state index in [1.54, 1.807) is 11.8 Å². The number of amides is 1. The lowest BCUT2D eigenvalue weighted by molar-refractivity contribution is -0.129. The molecule has 1 aliphatic rings. The Morgan fingerprint density at radius 3 is 2.32 bits per heavy atom. The number of carbonyl (C=O) groups excluding carboxylic acids is 1. The van der Waals surface area contributed by atoms with Gasteiger partial charge in [0.1, 0.15) is 11.4 Å². The molecule has 0 aromatic heterocycles. The summed E-state index contributed by atoms with van der Waals surface area (Å²) in [5.41, 5.74) is 0.110. The highest BCUT2D eigenvalue weighted by atomic mass is 16.2. The summed E-state index contributed by atoms with van der Waals surface area (Å²) in [6.07, 6.45) is 0.906. The molecular weight excluding hydrogens is 284 g/mol. The zero-order chi connectivity index (χ0) is 16.3. The molecule has 1 saturated heterocycles. The van der Waals surface area contributed by atoms with Crippen LogP contribution in [0.15, 0.2) is 9.59 Å². The van der Waals surface area contributed by atoms with Crippen LogP contribution in [-0.4, -0.2) is 69.1 Å². The van der Waals surface area contributed by atoms with Crippen LogP contribution in [0.2, 0.25) is 0 Å². The number of piperazine rings is 1. The first-order chi connectivity index (χ1) is 10.4. The van der Waals surface area contributed by atoms with E-state index >= 15 is 0 Å². The first kappa shape index (κ1) is 16.5. The van der Waals surface area contributed by atoms with Crippen molar-refractivity contribution in [2.45, 2.75) is 13.3 Å². The highest BCUT2D eigenvalue weighted by Crippen LogP contribution is 2.21. The average Bonchev–Trinajstić information content (AvgIpc) is 2.49. The van der Waals surface area contributed by atoms with Gasteiger partial charge in [-0.25, -0.2) is 0 Å². The zero-order valence-electron chi connectivity index (χ0n) is 13.5. The molecule has 0 spiro atoms. The van der Waals surface area contributed by atoms with E-state index < -0.39 is 10.9 Å². The Balaban J connectivity index is 1.95. The Bertz CT molecular complexity index is 596.